The van der Waals surface area contributed by atoms with Crippen molar-refractivity contribution in [2.45, 2.75) is 43.9 Å². The smallest absolute Gasteiger partial charge is 0.312 e. The van der Waals surface area contributed by atoms with Gasteiger partial charge in [0, 0.05) is 10.8 Å². The molecule has 3 nitrogen and oxygen atoms in total. The molecule has 0 saturated carbocycles. The van der Waals surface area contributed by atoms with Crippen LogP contribution in [-0.2, 0) is 17.6 Å². The third kappa shape index (κ3) is 2.09. The highest BCUT2D eigenvalue weighted by atomic mass is 32.1. The van der Waals surface area contributed by atoms with E-state index in [-0.39, 0.29) is 5.92 Å². The molecule has 4 rings (SSSR count). The SMILES string of the molecule is O=C(O)C1CCc2sc(C3CCCc4ccccc43)nc21. The number of carboxylic acid groups (broad SMARTS) is 1. The van der Waals surface area contributed by atoms with Crippen LogP contribution in [0.3, 0.4) is 0 Å². The number of nitrogens with zero attached hydrogens (tertiary/aromatic N) is 1. The van der Waals surface area contributed by atoms with E-state index >= 15 is 0 Å². The molecule has 0 aliphatic heterocycles. The fourth-order valence-electron chi connectivity index (χ4n) is 3.65. The fraction of sp³-hybridized carbons (Fsp3) is 0.412. The largest absolute Gasteiger partial charge is 0.481 e. The summed E-state index contributed by atoms with van der Waals surface area (Å²) in [6.07, 6.45) is 5.05. The van der Waals surface area contributed by atoms with E-state index in [4.69, 9.17) is 4.98 Å². The maximum Gasteiger partial charge on any atom is 0.312 e. The van der Waals surface area contributed by atoms with Gasteiger partial charge in [-0.3, -0.25) is 4.79 Å². The summed E-state index contributed by atoms with van der Waals surface area (Å²) in [5.41, 5.74) is 3.66. The Balaban J connectivity index is 1.73. The molecule has 2 aliphatic carbocycles. The van der Waals surface area contributed by atoms with Crippen LogP contribution in [0.4, 0.5) is 0 Å². The van der Waals surface area contributed by atoms with Gasteiger partial charge in [0.15, 0.2) is 0 Å². The van der Waals surface area contributed by atoms with E-state index in [1.165, 1.54) is 22.4 Å². The first-order valence-electron chi connectivity index (χ1n) is 7.54. The van der Waals surface area contributed by atoms with Gasteiger partial charge in [-0.2, -0.15) is 0 Å². The Hall–Kier alpha value is -1.68. The highest BCUT2D eigenvalue weighted by Gasteiger charge is 2.34. The van der Waals surface area contributed by atoms with Crippen molar-refractivity contribution in [1.29, 1.82) is 0 Å². The number of rotatable bonds is 2. The number of aryl methyl sites for hydroxylation is 2. The third-order valence-electron chi connectivity index (χ3n) is 4.70. The minimum atomic E-state index is -0.727. The predicted octanol–water partition coefficient (Wildman–Crippen LogP) is 3.73. The number of hydrogen-bond donors (Lipinski definition) is 1. The molecule has 1 N–H and O–H groups in total. The summed E-state index contributed by atoms with van der Waals surface area (Å²) in [7, 11) is 0. The molecular weight excluding hydrogens is 282 g/mol. The second-order valence-electron chi connectivity index (χ2n) is 5.93. The van der Waals surface area contributed by atoms with Crippen LogP contribution in [0, 0.1) is 0 Å². The number of carboxylic acids is 1. The van der Waals surface area contributed by atoms with E-state index < -0.39 is 5.97 Å². The summed E-state index contributed by atoms with van der Waals surface area (Å²) in [5.74, 6) is -0.751. The Kier molecular flexibility index (Phi) is 3.07. The first-order valence-corrected chi connectivity index (χ1v) is 8.36. The van der Waals surface area contributed by atoms with Crippen LogP contribution in [0.15, 0.2) is 24.3 Å². The van der Waals surface area contributed by atoms with Gasteiger partial charge in [0.2, 0.25) is 0 Å². The molecule has 2 aromatic rings. The zero-order chi connectivity index (χ0) is 14.4. The highest BCUT2D eigenvalue weighted by molar-refractivity contribution is 7.12. The van der Waals surface area contributed by atoms with Crippen LogP contribution < -0.4 is 0 Å². The molecule has 21 heavy (non-hydrogen) atoms. The van der Waals surface area contributed by atoms with Crippen LogP contribution in [0.2, 0.25) is 0 Å². The highest BCUT2D eigenvalue weighted by Crippen LogP contribution is 2.43. The van der Waals surface area contributed by atoms with Crippen molar-refractivity contribution in [3.8, 4) is 0 Å². The Labute approximate surface area is 127 Å². The second-order valence-corrected chi connectivity index (χ2v) is 7.05. The van der Waals surface area contributed by atoms with Gasteiger partial charge in [0.1, 0.15) is 10.9 Å². The van der Waals surface area contributed by atoms with Crippen molar-refractivity contribution < 1.29 is 9.90 Å². The molecule has 0 fully saturated rings. The van der Waals surface area contributed by atoms with Crippen molar-refractivity contribution in [2.24, 2.45) is 0 Å². The third-order valence-corrected chi connectivity index (χ3v) is 5.94. The van der Waals surface area contributed by atoms with Gasteiger partial charge >= 0.3 is 5.97 Å². The van der Waals surface area contributed by atoms with Gasteiger partial charge in [-0.1, -0.05) is 24.3 Å². The molecule has 0 amide bonds. The monoisotopic (exact) mass is 299 g/mol. The lowest BCUT2D eigenvalue weighted by Gasteiger charge is -2.23. The van der Waals surface area contributed by atoms with Crippen molar-refractivity contribution in [3.05, 3.63) is 51.0 Å². The number of fused-ring (bicyclic) bond motifs is 2. The van der Waals surface area contributed by atoms with Gasteiger partial charge in [0.05, 0.1) is 5.69 Å². The summed E-state index contributed by atoms with van der Waals surface area (Å²) in [4.78, 5) is 17.3. The van der Waals surface area contributed by atoms with Crippen LogP contribution in [0.1, 0.15) is 57.8 Å². The Morgan fingerprint density at radius 2 is 2.10 bits per heavy atom. The molecule has 1 heterocycles. The zero-order valence-electron chi connectivity index (χ0n) is 11.7. The summed E-state index contributed by atoms with van der Waals surface area (Å²) in [5, 5.41) is 10.4. The van der Waals surface area contributed by atoms with Gasteiger partial charge in [0.25, 0.3) is 0 Å². The zero-order valence-corrected chi connectivity index (χ0v) is 12.5. The molecule has 4 heteroatoms. The molecule has 1 aromatic heterocycles. The second kappa shape index (κ2) is 4.95. The summed E-state index contributed by atoms with van der Waals surface area (Å²) in [6, 6.07) is 8.62. The van der Waals surface area contributed by atoms with E-state index in [2.05, 4.69) is 24.3 Å². The molecule has 1 aromatic carbocycles. The van der Waals surface area contributed by atoms with E-state index in [0.717, 1.165) is 30.0 Å². The topological polar surface area (TPSA) is 50.2 Å². The maximum atomic E-state index is 11.3. The fourth-order valence-corrected chi connectivity index (χ4v) is 4.94. The van der Waals surface area contributed by atoms with Crippen molar-refractivity contribution >= 4 is 17.3 Å². The predicted molar refractivity (Wildman–Crippen MR) is 82.0 cm³/mol. The van der Waals surface area contributed by atoms with Gasteiger partial charge in [-0.05, 0) is 43.2 Å². The Bertz CT molecular complexity index is 707. The lowest BCUT2D eigenvalue weighted by molar-refractivity contribution is -0.138. The summed E-state index contributed by atoms with van der Waals surface area (Å²) >= 11 is 1.74. The van der Waals surface area contributed by atoms with Crippen LogP contribution in [0.25, 0.3) is 0 Å². The average molecular weight is 299 g/mol. The minimum absolute atomic E-state index is 0.361. The Morgan fingerprint density at radius 3 is 2.95 bits per heavy atom. The van der Waals surface area contributed by atoms with Gasteiger partial charge in [-0.15, -0.1) is 11.3 Å². The molecule has 0 bridgehead atoms. The number of benzene rings is 1. The van der Waals surface area contributed by atoms with E-state index in [1.807, 2.05) is 0 Å². The molecule has 2 atom stereocenters. The average Bonchev–Trinajstić information content (AvgIpc) is 3.06. The Morgan fingerprint density at radius 1 is 1.24 bits per heavy atom. The maximum absolute atomic E-state index is 11.3. The van der Waals surface area contributed by atoms with E-state index in [9.17, 15) is 9.90 Å². The van der Waals surface area contributed by atoms with Crippen LogP contribution in [-0.4, -0.2) is 16.1 Å². The van der Waals surface area contributed by atoms with Gasteiger partial charge < -0.3 is 5.11 Å². The molecule has 2 aliphatic rings. The van der Waals surface area contributed by atoms with Gasteiger partial charge in [-0.25, -0.2) is 4.98 Å². The molecular formula is C17H17NO2S. The first kappa shape index (κ1) is 13.0. The molecule has 0 spiro atoms. The van der Waals surface area contributed by atoms with E-state index in [1.54, 1.807) is 11.3 Å². The normalized spacial score (nSPS) is 23.6. The quantitative estimate of drug-likeness (QED) is 0.919. The molecule has 0 saturated heterocycles. The first-order chi connectivity index (χ1) is 10.2. The van der Waals surface area contributed by atoms with E-state index in [0.29, 0.717) is 12.3 Å². The lowest BCUT2D eigenvalue weighted by atomic mass is 9.83. The number of carbonyl (C=O) groups is 1. The van der Waals surface area contributed by atoms with Crippen LogP contribution in [0.5, 0.6) is 0 Å². The minimum Gasteiger partial charge on any atom is -0.481 e. The lowest BCUT2D eigenvalue weighted by Crippen LogP contribution is -2.12. The summed E-state index contributed by atoms with van der Waals surface area (Å²) < 4.78 is 0. The molecule has 0 radical (unpaired) electrons. The van der Waals surface area contributed by atoms with Crippen molar-refractivity contribution in [3.63, 3.8) is 0 Å². The number of thiazole rings is 1. The number of aromatic nitrogens is 1. The van der Waals surface area contributed by atoms with Crippen molar-refractivity contribution in [2.75, 3.05) is 0 Å². The molecule has 108 valence electrons. The van der Waals surface area contributed by atoms with Crippen LogP contribution >= 0.6 is 11.3 Å². The summed E-state index contributed by atoms with van der Waals surface area (Å²) in [6.45, 7) is 0. The van der Waals surface area contributed by atoms with Crippen molar-refractivity contribution in [1.82, 2.24) is 4.98 Å². The standard InChI is InChI=1S/C17H17NO2S/c19-17(20)13-8-9-14-15(13)18-16(21-14)12-7-3-5-10-4-1-2-6-11(10)12/h1-2,4,6,12-13H,3,5,7-9H2,(H,19,20). The molecule has 2 unspecified atom stereocenters. The number of aliphatic carboxylic acids is 1. The number of hydrogen-bond acceptors (Lipinski definition) is 3.